The summed E-state index contributed by atoms with van der Waals surface area (Å²) in [6, 6.07) is 8.24. The number of amides is 1. The van der Waals surface area contributed by atoms with Crippen LogP contribution in [0.2, 0.25) is 0 Å². The van der Waals surface area contributed by atoms with E-state index in [9.17, 15) is 4.79 Å². The van der Waals surface area contributed by atoms with Crippen LogP contribution in [-0.2, 0) is 11.2 Å². The van der Waals surface area contributed by atoms with Gasteiger partial charge in [0, 0.05) is 18.7 Å². The number of unbranched alkanes of at least 4 members (excludes halogenated alkanes) is 7. The maximum Gasteiger partial charge on any atom is 0.224 e. The molecule has 0 atom stereocenters. The number of carbonyl (C=O) groups excluding carboxylic acids is 1. The molecule has 0 saturated heterocycles. The van der Waals surface area contributed by atoms with E-state index in [4.69, 9.17) is 5.73 Å². The van der Waals surface area contributed by atoms with Crippen molar-refractivity contribution in [2.75, 3.05) is 11.9 Å². The Kier molecular flexibility index (Phi) is 12.1. The van der Waals surface area contributed by atoms with Crippen molar-refractivity contribution in [2.45, 2.75) is 77.6 Å². The maximum atomic E-state index is 11.9. The van der Waals surface area contributed by atoms with Gasteiger partial charge in [-0.05, 0) is 37.0 Å². The minimum Gasteiger partial charge on any atom is -0.386 e. The molecule has 0 aliphatic carbocycles. The number of anilines is 1. The van der Waals surface area contributed by atoms with Crippen molar-refractivity contribution in [3.63, 3.8) is 0 Å². The van der Waals surface area contributed by atoms with Crippen molar-refractivity contribution in [3.8, 4) is 0 Å². The molecule has 1 rings (SSSR count). The first-order valence-electron chi connectivity index (χ1n) is 10.2. The van der Waals surface area contributed by atoms with E-state index < -0.39 is 0 Å². The largest absolute Gasteiger partial charge is 0.386 e. The van der Waals surface area contributed by atoms with Crippen molar-refractivity contribution in [2.24, 2.45) is 5.73 Å². The second kappa shape index (κ2) is 14.2. The van der Waals surface area contributed by atoms with Crippen LogP contribution < -0.4 is 16.4 Å². The Bertz CT molecular complexity index is 511. The summed E-state index contributed by atoms with van der Waals surface area (Å²) in [6.07, 6.45) is 13.1. The third-order valence-electron chi connectivity index (χ3n) is 4.49. The fourth-order valence-electron chi connectivity index (χ4n) is 2.94. The predicted molar refractivity (Wildman–Crippen MR) is 112 cm³/mol. The molecule has 0 aliphatic heterocycles. The predicted octanol–water partition coefficient (Wildman–Crippen LogP) is 5.11. The lowest BCUT2D eigenvalue weighted by Gasteiger charge is -2.08. The highest BCUT2D eigenvalue weighted by Gasteiger charge is 2.02. The fourth-order valence-corrected chi connectivity index (χ4v) is 2.94. The van der Waals surface area contributed by atoms with Crippen LogP contribution in [0.4, 0.5) is 5.69 Å². The van der Waals surface area contributed by atoms with Crippen LogP contribution in [0, 0.1) is 0 Å². The number of carbonyl (C=O) groups is 1. The monoisotopic (exact) mass is 359 g/mol. The molecule has 1 aromatic carbocycles. The van der Waals surface area contributed by atoms with E-state index in [0.29, 0.717) is 18.8 Å². The van der Waals surface area contributed by atoms with Gasteiger partial charge < -0.3 is 16.4 Å². The van der Waals surface area contributed by atoms with Crippen LogP contribution in [0.3, 0.4) is 0 Å². The van der Waals surface area contributed by atoms with Gasteiger partial charge >= 0.3 is 0 Å². The highest BCUT2D eigenvalue weighted by molar-refractivity contribution is 5.90. The van der Waals surface area contributed by atoms with Crippen molar-refractivity contribution in [1.29, 1.82) is 0 Å². The minimum absolute atomic E-state index is 0.0326. The molecule has 0 saturated carbocycles. The number of benzene rings is 1. The van der Waals surface area contributed by atoms with Crippen LogP contribution in [0.1, 0.15) is 76.7 Å². The highest BCUT2D eigenvalue weighted by Crippen LogP contribution is 2.14. The van der Waals surface area contributed by atoms with Crippen molar-refractivity contribution < 1.29 is 4.79 Å². The summed E-state index contributed by atoms with van der Waals surface area (Å²) in [6.45, 7) is 6.49. The molecule has 146 valence electrons. The number of hydrogen-bond donors (Lipinski definition) is 3. The van der Waals surface area contributed by atoms with E-state index in [-0.39, 0.29) is 5.91 Å². The number of aryl methyl sites for hydroxylation is 1. The summed E-state index contributed by atoms with van der Waals surface area (Å²) < 4.78 is 0. The van der Waals surface area contributed by atoms with Crippen LogP contribution in [0.25, 0.3) is 0 Å². The topological polar surface area (TPSA) is 67.1 Å². The third-order valence-corrected chi connectivity index (χ3v) is 4.49. The highest BCUT2D eigenvalue weighted by atomic mass is 16.1. The molecule has 0 aliphatic rings. The average molecular weight is 360 g/mol. The van der Waals surface area contributed by atoms with Gasteiger partial charge in [-0.15, -0.1) is 0 Å². The molecule has 0 spiro atoms. The van der Waals surface area contributed by atoms with Gasteiger partial charge in [0.2, 0.25) is 5.91 Å². The molecule has 4 heteroatoms. The molecule has 0 aromatic heterocycles. The second-order valence-corrected chi connectivity index (χ2v) is 7.03. The Hall–Kier alpha value is -1.97. The van der Waals surface area contributed by atoms with Crippen LogP contribution in [-0.4, -0.2) is 12.5 Å². The van der Waals surface area contributed by atoms with Gasteiger partial charge in [-0.25, -0.2) is 0 Å². The number of nitrogens with one attached hydrogen (secondary N) is 2. The average Bonchev–Trinajstić information content (AvgIpc) is 2.62. The lowest BCUT2D eigenvalue weighted by atomic mass is 10.0. The molecular weight excluding hydrogens is 322 g/mol. The molecule has 26 heavy (non-hydrogen) atoms. The molecule has 0 radical (unpaired) electrons. The molecule has 0 bridgehead atoms. The zero-order valence-corrected chi connectivity index (χ0v) is 16.5. The van der Waals surface area contributed by atoms with E-state index in [0.717, 1.165) is 18.5 Å². The summed E-state index contributed by atoms with van der Waals surface area (Å²) >= 11 is 0. The zero-order valence-electron chi connectivity index (χ0n) is 16.5. The summed E-state index contributed by atoms with van der Waals surface area (Å²) in [4.78, 5) is 11.9. The van der Waals surface area contributed by atoms with Gasteiger partial charge in [0.15, 0.2) is 0 Å². The Morgan fingerprint density at radius 3 is 2.19 bits per heavy atom. The molecule has 1 aromatic rings. The van der Waals surface area contributed by atoms with Crippen molar-refractivity contribution >= 4 is 11.6 Å². The van der Waals surface area contributed by atoms with Crippen LogP contribution >= 0.6 is 0 Å². The smallest absolute Gasteiger partial charge is 0.224 e. The zero-order chi connectivity index (χ0) is 19.0. The minimum atomic E-state index is 0.0326. The Morgan fingerprint density at radius 2 is 1.58 bits per heavy atom. The summed E-state index contributed by atoms with van der Waals surface area (Å²) in [7, 11) is 0. The maximum absolute atomic E-state index is 11.9. The molecule has 4 N–H and O–H groups in total. The second-order valence-electron chi connectivity index (χ2n) is 7.03. The van der Waals surface area contributed by atoms with E-state index in [1.54, 1.807) is 0 Å². The first-order chi connectivity index (χ1) is 12.6. The van der Waals surface area contributed by atoms with E-state index in [2.05, 4.69) is 36.3 Å². The SMILES string of the molecule is C=C(N)NCCCC(=O)Nc1ccc(CCCCCCCCCC)cc1. The quantitative estimate of drug-likeness (QED) is 0.381. The molecule has 0 heterocycles. The molecule has 1 amide bonds. The number of hydrogen-bond acceptors (Lipinski definition) is 3. The lowest BCUT2D eigenvalue weighted by molar-refractivity contribution is -0.116. The van der Waals surface area contributed by atoms with Gasteiger partial charge in [-0.2, -0.15) is 0 Å². The summed E-state index contributed by atoms with van der Waals surface area (Å²) in [5.74, 6) is 0.475. The number of rotatable bonds is 15. The van der Waals surface area contributed by atoms with E-state index >= 15 is 0 Å². The number of nitrogens with two attached hydrogens (primary N) is 1. The molecular formula is C22H37N3O. The standard InChI is InChI=1S/C22H37N3O/c1-3-4-5-6-7-8-9-10-12-20-14-16-21(17-15-20)25-22(26)13-11-18-24-19(2)23/h14-17,24H,2-13,18,23H2,1H3,(H,25,26). The Balaban J connectivity index is 2.12. The van der Waals surface area contributed by atoms with Crippen molar-refractivity contribution in [1.82, 2.24) is 5.32 Å². The summed E-state index contributed by atoms with van der Waals surface area (Å²) in [5, 5.41) is 5.85. The molecule has 0 fully saturated rings. The van der Waals surface area contributed by atoms with Gasteiger partial charge in [0.1, 0.15) is 0 Å². The van der Waals surface area contributed by atoms with Gasteiger partial charge in [0.05, 0.1) is 5.82 Å². The van der Waals surface area contributed by atoms with E-state index in [1.807, 2.05) is 12.1 Å². The Morgan fingerprint density at radius 1 is 0.962 bits per heavy atom. The van der Waals surface area contributed by atoms with Gasteiger partial charge in [0.25, 0.3) is 0 Å². The van der Waals surface area contributed by atoms with Crippen molar-refractivity contribution in [3.05, 3.63) is 42.2 Å². The first kappa shape index (κ1) is 22.1. The van der Waals surface area contributed by atoms with Crippen LogP contribution in [0.15, 0.2) is 36.7 Å². The third kappa shape index (κ3) is 11.6. The summed E-state index contributed by atoms with van der Waals surface area (Å²) in [5.41, 5.74) is 7.63. The first-order valence-corrected chi connectivity index (χ1v) is 10.2. The van der Waals surface area contributed by atoms with Crippen LogP contribution in [0.5, 0.6) is 0 Å². The van der Waals surface area contributed by atoms with Gasteiger partial charge in [-0.3, -0.25) is 4.79 Å². The normalized spacial score (nSPS) is 10.5. The van der Waals surface area contributed by atoms with Gasteiger partial charge in [-0.1, -0.05) is 70.6 Å². The molecule has 4 nitrogen and oxygen atoms in total. The Labute approximate surface area is 159 Å². The molecule has 0 unspecified atom stereocenters. The van der Waals surface area contributed by atoms with E-state index in [1.165, 1.54) is 56.9 Å². The lowest BCUT2D eigenvalue weighted by Crippen LogP contribution is -2.21. The fraction of sp³-hybridized carbons (Fsp3) is 0.591.